The number of aryl methyl sites for hydroxylation is 1. The molecule has 7 nitrogen and oxygen atoms in total. The van der Waals surface area contributed by atoms with Crippen molar-refractivity contribution < 1.29 is 19.0 Å². The fourth-order valence-corrected chi connectivity index (χ4v) is 4.39. The molecule has 0 atom stereocenters. The minimum absolute atomic E-state index is 0.0298. The van der Waals surface area contributed by atoms with Crippen molar-refractivity contribution >= 4 is 17.6 Å². The van der Waals surface area contributed by atoms with Crippen LogP contribution < -0.4 is 4.74 Å². The first-order valence-electron chi connectivity index (χ1n) is 10.9. The normalized spacial score (nSPS) is 14.3. The molecule has 172 valence electrons. The highest BCUT2D eigenvalue weighted by Gasteiger charge is 2.27. The number of carbonyl (C=O) groups is 1. The molecule has 0 aliphatic carbocycles. The number of fused-ring (bicyclic) bond motifs is 1. The number of allylic oxidation sites excluding steroid dienone is 1. The molecule has 1 N–H and O–H groups in total. The van der Waals surface area contributed by atoms with Crippen molar-refractivity contribution in [3.05, 3.63) is 83.6 Å². The van der Waals surface area contributed by atoms with E-state index >= 15 is 0 Å². The quantitative estimate of drug-likeness (QED) is 0.443. The van der Waals surface area contributed by atoms with Gasteiger partial charge in [0.2, 0.25) is 0 Å². The number of imidazole rings is 2. The van der Waals surface area contributed by atoms with Crippen LogP contribution >= 0.6 is 0 Å². The van der Waals surface area contributed by atoms with Gasteiger partial charge in [0.05, 0.1) is 30.5 Å². The molecule has 3 heterocycles. The number of aromatic nitrogens is 4. The van der Waals surface area contributed by atoms with Crippen molar-refractivity contribution in [3.8, 4) is 22.7 Å². The van der Waals surface area contributed by atoms with Crippen molar-refractivity contribution in [1.82, 2.24) is 19.1 Å². The second-order valence-electron chi connectivity index (χ2n) is 8.22. The van der Waals surface area contributed by atoms with Gasteiger partial charge in [0.1, 0.15) is 17.4 Å². The molecular weight excluding hydrogens is 435 g/mol. The number of hydrogen-bond donors (Lipinski definition) is 1. The molecule has 0 saturated heterocycles. The number of hydrogen-bond acceptors (Lipinski definition) is 4. The van der Waals surface area contributed by atoms with Crippen LogP contribution in [0.15, 0.2) is 55.0 Å². The lowest BCUT2D eigenvalue weighted by Gasteiger charge is -2.19. The predicted molar refractivity (Wildman–Crippen MR) is 127 cm³/mol. The summed E-state index contributed by atoms with van der Waals surface area (Å²) in [5.74, 6) is -0.162. The highest BCUT2D eigenvalue weighted by atomic mass is 19.1. The summed E-state index contributed by atoms with van der Waals surface area (Å²) in [6, 6.07) is 11.7. The van der Waals surface area contributed by atoms with Crippen LogP contribution in [0.2, 0.25) is 0 Å². The average molecular weight is 458 g/mol. The van der Waals surface area contributed by atoms with Crippen LogP contribution in [0.1, 0.15) is 40.4 Å². The zero-order valence-electron chi connectivity index (χ0n) is 18.8. The van der Waals surface area contributed by atoms with E-state index in [9.17, 15) is 14.3 Å². The van der Waals surface area contributed by atoms with Crippen LogP contribution in [0.3, 0.4) is 0 Å². The van der Waals surface area contributed by atoms with Gasteiger partial charge < -0.3 is 19.0 Å². The van der Waals surface area contributed by atoms with Crippen LogP contribution in [0.4, 0.5) is 4.39 Å². The number of benzene rings is 2. The van der Waals surface area contributed by atoms with E-state index in [1.54, 1.807) is 25.6 Å². The Hall–Kier alpha value is -4.20. The van der Waals surface area contributed by atoms with Gasteiger partial charge in [-0.1, -0.05) is 6.07 Å². The van der Waals surface area contributed by atoms with Gasteiger partial charge in [-0.15, -0.1) is 0 Å². The molecule has 0 spiro atoms. The Balaban J connectivity index is 1.59. The maximum absolute atomic E-state index is 13.5. The number of halogens is 1. The van der Waals surface area contributed by atoms with Gasteiger partial charge in [-0.25, -0.2) is 19.2 Å². The summed E-state index contributed by atoms with van der Waals surface area (Å²) >= 11 is 0. The maximum atomic E-state index is 13.5. The van der Waals surface area contributed by atoms with Crippen LogP contribution in [-0.2, 0) is 6.54 Å². The second kappa shape index (κ2) is 8.62. The van der Waals surface area contributed by atoms with Crippen LogP contribution in [-0.4, -0.2) is 37.3 Å². The summed E-state index contributed by atoms with van der Waals surface area (Å²) in [4.78, 5) is 20.8. The van der Waals surface area contributed by atoms with E-state index in [2.05, 4.69) is 9.97 Å². The molecule has 0 fully saturated rings. The Labute approximate surface area is 195 Å². The summed E-state index contributed by atoms with van der Waals surface area (Å²) in [5, 5.41) is 9.82. The van der Waals surface area contributed by atoms with E-state index in [1.807, 2.05) is 46.5 Å². The molecule has 2 aromatic heterocycles. The average Bonchev–Trinajstić information content (AvgIpc) is 3.44. The maximum Gasteiger partial charge on any atom is 0.356 e. The molecule has 0 saturated carbocycles. The molecule has 1 aliphatic rings. The fraction of sp³-hybridized carbons (Fsp3) is 0.192. The van der Waals surface area contributed by atoms with Crippen molar-refractivity contribution in [2.75, 3.05) is 7.11 Å². The Bertz CT molecular complexity index is 1420. The van der Waals surface area contributed by atoms with E-state index < -0.39 is 5.97 Å². The molecule has 8 heteroatoms. The first-order chi connectivity index (χ1) is 16.4. The van der Waals surface area contributed by atoms with Gasteiger partial charge in [-0.3, -0.25) is 0 Å². The molecule has 0 bridgehead atoms. The van der Waals surface area contributed by atoms with Crippen molar-refractivity contribution in [3.63, 3.8) is 0 Å². The number of rotatable bonds is 5. The molecule has 2 aromatic carbocycles. The summed E-state index contributed by atoms with van der Waals surface area (Å²) in [5.41, 5.74) is 4.74. The molecule has 5 rings (SSSR count). The van der Waals surface area contributed by atoms with Crippen molar-refractivity contribution in [2.24, 2.45) is 0 Å². The van der Waals surface area contributed by atoms with Crippen LogP contribution in [0.25, 0.3) is 28.6 Å². The summed E-state index contributed by atoms with van der Waals surface area (Å²) < 4.78 is 22.9. The second-order valence-corrected chi connectivity index (χ2v) is 8.22. The van der Waals surface area contributed by atoms with E-state index in [0.29, 0.717) is 29.4 Å². The Morgan fingerprint density at radius 1 is 1.21 bits per heavy atom. The number of nitrogens with zero attached hydrogens (tertiary/aromatic N) is 4. The zero-order valence-corrected chi connectivity index (χ0v) is 18.8. The third kappa shape index (κ3) is 3.87. The number of ether oxygens (including phenoxy) is 1. The Kier molecular flexibility index (Phi) is 5.49. The third-order valence-corrected chi connectivity index (χ3v) is 5.94. The van der Waals surface area contributed by atoms with Gasteiger partial charge in [-0.05, 0) is 73.4 Å². The summed E-state index contributed by atoms with van der Waals surface area (Å²) in [6.07, 6.45) is 7.30. The smallest absolute Gasteiger partial charge is 0.356 e. The number of carboxylic acid groups (broad SMARTS) is 1. The highest BCUT2D eigenvalue weighted by molar-refractivity contribution is 5.95. The van der Waals surface area contributed by atoms with Gasteiger partial charge in [0.25, 0.3) is 0 Å². The van der Waals surface area contributed by atoms with E-state index in [1.165, 1.54) is 12.1 Å². The van der Waals surface area contributed by atoms with Gasteiger partial charge in [-0.2, -0.15) is 0 Å². The largest absolute Gasteiger partial charge is 0.495 e. The van der Waals surface area contributed by atoms with E-state index in [0.717, 1.165) is 35.4 Å². The lowest BCUT2D eigenvalue weighted by atomic mass is 10.0. The van der Waals surface area contributed by atoms with Crippen LogP contribution in [0, 0.1) is 12.7 Å². The first-order valence-corrected chi connectivity index (χ1v) is 10.9. The SMILES string of the molecule is COc1cc(C=C2CCCn3c2nc(C(=O)O)c3-c2ccc(F)cc2)ccc1-n1cnc(C)c1. The molecule has 0 unspecified atom stereocenters. The van der Waals surface area contributed by atoms with Gasteiger partial charge >= 0.3 is 5.97 Å². The summed E-state index contributed by atoms with van der Waals surface area (Å²) in [7, 11) is 1.63. The van der Waals surface area contributed by atoms with E-state index in [-0.39, 0.29) is 11.5 Å². The molecule has 0 radical (unpaired) electrons. The Morgan fingerprint density at radius 2 is 2.00 bits per heavy atom. The fourth-order valence-electron chi connectivity index (χ4n) is 4.39. The van der Waals surface area contributed by atoms with Crippen LogP contribution in [0.5, 0.6) is 5.75 Å². The topological polar surface area (TPSA) is 82.2 Å². The predicted octanol–water partition coefficient (Wildman–Crippen LogP) is 5.22. The van der Waals surface area contributed by atoms with Crippen molar-refractivity contribution in [1.29, 1.82) is 0 Å². The van der Waals surface area contributed by atoms with Gasteiger partial charge in [0.15, 0.2) is 5.69 Å². The molecule has 34 heavy (non-hydrogen) atoms. The lowest BCUT2D eigenvalue weighted by Crippen LogP contribution is -2.11. The molecule has 1 aliphatic heterocycles. The lowest BCUT2D eigenvalue weighted by molar-refractivity contribution is 0.0692. The van der Waals surface area contributed by atoms with E-state index in [4.69, 9.17) is 4.74 Å². The molecule has 4 aromatic rings. The zero-order chi connectivity index (χ0) is 23.8. The monoisotopic (exact) mass is 458 g/mol. The van der Waals surface area contributed by atoms with Crippen molar-refractivity contribution in [2.45, 2.75) is 26.3 Å². The summed E-state index contributed by atoms with van der Waals surface area (Å²) in [6.45, 7) is 2.57. The minimum atomic E-state index is -1.11. The number of carboxylic acids is 1. The molecule has 0 amide bonds. The Morgan fingerprint density at radius 3 is 2.68 bits per heavy atom. The van der Waals surface area contributed by atoms with Gasteiger partial charge in [0, 0.05) is 18.3 Å². The highest BCUT2D eigenvalue weighted by Crippen LogP contribution is 2.35. The number of methoxy groups -OCH3 is 1. The standard InChI is InChI=1S/C26H23FN4O3/c1-16-14-30(15-28-16)21-10-5-17(13-22(21)34-2)12-19-4-3-11-31-24(18-6-8-20(27)9-7-18)23(26(32)33)29-25(19)31/h5-10,12-15H,3-4,11H2,1-2H3,(H,32,33). The number of aromatic carboxylic acids is 1. The minimum Gasteiger partial charge on any atom is -0.495 e. The molecular formula is C26H23FN4O3. The third-order valence-electron chi connectivity index (χ3n) is 5.94. The first kappa shape index (κ1) is 21.6.